The predicted octanol–water partition coefficient (Wildman–Crippen LogP) is 2.10. The summed E-state index contributed by atoms with van der Waals surface area (Å²) in [7, 11) is 0. The third kappa shape index (κ3) is 2.11. The highest BCUT2D eigenvalue weighted by Crippen LogP contribution is 2.25. The molecule has 0 saturated heterocycles. The minimum Gasteiger partial charge on any atom is -0.330 e. The van der Waals surface area contributed by atoms with Crippen molar-refractivity contribution in [1.29, 1.82) is 0 Å². The van der Waals surface area contributed by atoms with Crippen molar-refractivity contribution in [3.8, 4) is 0 Å². The SMILES string of the molecule is O=C(CC1CC=CC1)ON1C(=O)c2ccccc2C1=O. The molecule has 5 heteroatoms. The lowest BCUT2D eigenvalue weighted by Crippen LogP contribution is -2.33. The van der Waals surface area contributed by atoms with Crippen LogP contribution in [0, 0.1) is 5.92 Å². The van der Waals surface area contributed by atoms with Crippen LogP contribution < -0.4 is 0 Å². The van der Waals surface area contributed by atoms with E-state index in [1.807, 2.05) is 12.2 Å². The van der Waals surface area contributed by atoms with Crippen LogP contribution in [0.25, 0.3) is 0 Å². The molecule has 2 aliphatic rings. The van der Waals surface area contributed by atoms with Gasteiger partial charge in [0.15, 0.2) is 0 Å². The molecule has 1 heterocycles. The molecule has 0 aromatic heterocycles. The maximum atomic E-state index is 12.0. The summed E-state index contributed by atoms with van der Waals surface area (Å²) in [4.78, 5) is 40.7. The van der Waals surface area contributed by atoms with Crippen molar-refractivity contribution in [3.63, 3.8) is 0 Å². The Morgan fingerprint density at radius 2 is 1.65 bits per heavy atom. The maximum absolute atomic E-state index is 12.0. The second-order valence-electron chi connectivity index (χ2n) is 4.93. The first-order valence-corrected chi connectivity index (χ1v) is 6.50. The number of nitrogens with zero attached hydrogens (tertiary/aromatic N) is 1. The Morgan fingerprint density at radius 3 is 2.20 bits per heavy atom. The summed E-state index contributed by atoms with van der Waals surface area (Å²) in [5.41, 5.74) is 0.542. The third-order valence-corrected chi connectivity index (χ3v) is 3.51. The van der Waals surface area contributed by atoms with Crippen molar-refractivity contribution in [2.75, 3.05) is 0 Å². The first kappa shape index (κ1) is 12.6. The van der Waals surface area contributed by atoms with Crippen LogP contribution in [0.4, 0.5) is 0 Å². The zero-order valence-corrected chi connectivity index (χ0v) is 10.7. The standard InChI is InChI=1S/C15H13NO4/c17-13(9-10-5-1-2-6-10)20-16-14(18)11-7-3-4-8-12(11)15(16)19/h1-4,7-8,10H,5-6,9H2. The van der Waals surface area contributed by atoms with Crippen LogP contribution in [0.2, 0.25) is 0 Å². The minimum absolute atomic E-state index is 0.206. The lowest BCUT2D eigenvalue weighted by Gasteiger charge is -2.14. The zero-order chi connectivity index (χ0) is 14.1. The number of benzene rings is 1. The summed E-state index contributed by atoms with van der Waals surface area (Å²) in [5.74, 6) is -1.50. The van der Waals surface area contributed by atoms with Gasteiger partial charge in [-0.15, -0.1) is 0 Å². The Balaban J connectivity index is 1.68. The summed E-state index contributed by atoms with van der Waals surface area (Å²) in [5, 5.41) is 0.565. The first-order chi connectivity index (χ1) is 9.66. The number of fused-ring (bicyclic) bond motifs is 1. The molecule has 20 heavy (non-hydrogen) atoms. The molecule has 0 bridgehead atoms. The van der Waals surface area contributed by atoms with Crippen LogP contribution in [0.5, 0.6) is 0 Å². The smallest absolute Gasteiger partial charge is 0.330 e. The second kappa shape index (κ2) is 4.92. The first-order valence-electron chi connectivity index (χ1n) is 6.50. The molecule has 3 rings (SSSR count). The fourth-order valence-electron chi connectivity index (χ4n) is 2.47. The fourth-order valence-corrected chi connectivity index (χ4v) is 2.47. The molecule has 1 aromatic rings. The van der Waals surface area contributed by atoms with E-state index in [9.17, 15) is 14.4 Å². The molecule has 2 amide bonds. The van der Waals surface area contributed by atoms with Crippen LogP contribution >= 0.6 is 0 Å². The highest BCUT2D eigenvalue weighted by molar-refractivity contribution is 6.20. The molecule has 0 N–H and O–H groups in total. The molecule has 5 nitrogen and oxygen atoms in total. The highest BCUT2D eigenvalue weighted by atomic mass is 16.7. The average Bonchev–Trinajstić information content (AvgIpc) is 3.03. The number of allylic oxidation sites excluding steroid dienone is 2. The van der Waals surface area contributed by atoms with Crippen molar-refractivity contribution in [3.05, 3.63) is 47.5 Å². The number of carbonyl (C=O) groups is 3. The molecule has 102 valence electrons. The van der Waals surface area contributed by atoms with E-state index >= 15 is 0 Å². The second-order valence-corrected chi connectivity index (χ2v) is 4.93. The number of rotatable bonds is 3. The normalized spacial score (nSPS) is 17.7. The quantitative estimate of drug-likeness (QED) is 0.624. The van der Waals surface area contributed by atoms with E-state index in [0.717, 1.165) is 12.8 Å². The van der Waals surface area contributed by atoms with Crippen molar-refractivity contribution in [2.45, 2.75) is 19.3 Å². The summed E-state index contributed by atoms with van der Waals surface area (Å²) in [6.07, 6.45) is 5.90. The molecule has 0 unspecified atom stereocenters. The van der Waals surface area contributed by atoms with Gasteiger partial charge in [-0.2, -0.15) is 0 Å². The third-order valence-electron chi connectivity index (χ3n) is 3.51. The molecular formula is C15H13NO4. The van der Waals surface area contributed by atoms with Crippen LogP contribution in [0.15, 0.2) is 36.4 Å². The Morgan fingerprint density at radius 1 is 1.10 bits per heavy atom. The summed E-state index contributed by atoms with van der Waals surface area (Å²) < 4.78 is 0. The van der Waals surface area contributed by atoms with Gasteiger partial charge in [-0.25, -0.2) is 4.79 Å². The van der Waals surface area contributed by atoms with E-state index < -0.39 is 17.8 Å². The van der Waals surface area contributed by atoms with E-state index in [-0.39, 0.29) is 23.5 Å². The lowest BCUT2D eigenvalue weighted by atomic mass is 10.0. The van der Waals surface area contributed by atoms with Gasteiger partial charge in [0.1, 0.15) is 0 Å². The van der Waals surface area contributed by atoms with Gasteiger partial charge in [0.25, 0.3) is 11.8 Å². The summed E-state index contributed by atoms with van der Waals surface area (Å²) in [6.45, 7) is 0. The van der Waals surface area contributed by atoms with Gasteiger partial charge in [0.2, 0.25) is 0 Å². The largest absolute Gasteiger partial charge is 0.333 e. The summed E-state index contributed by atoms with van der Waals surface area (Å²) >= 11 is 0. The van der Waals surface area contributed by atoms with Crippen molar-refractivity contribution >= 4 is 17.8 Å². The van der Waals surface area contributed by atoms with Crippen LogP contribution in [-0.4, -0.2) is 22.8 Å². The van der Waals surface area contributed by atoms with Crippen LogP contribution in [-0.2, 0) is 9.63 Å². The van der Waals surface area contributed by atoms with Crippen molar-refractivity contribution in [2.24, 2.45) is 5.92 Å². The molecule has 0 spiro atoms. The lowest BCUT2D eigenvalue weighted by molar-refractivity contribution is -0.169. The van der Waals surface area contributed by atoms with Gasteiger partial charge < -0.3 is 4.84 Å². The van der Waals surface area contributed by atoms with E-state index in [4.69, 9.17) is 4.84 Å². The van der Waals surface area contributed by atoms with Gasteiger partial charge in [0.05, 0.1) is 17.5 Å². The number of hydrogen-bond acceptors (Lipinski definition) is 4. The molecule has 1 aliphatic heterocycles. The van der Waals surface area contributed by atoms with Gasteiger partial charge in [-0.3, -0.25) is 9.59 Å². The molecule has 0 atom stereocenters. The average molecular weight is 271 g/mol. The fraction of sp³-hybridized carbons (Fsp3) is 0.267. The number of imide groups is 1. The Labute approximate surface area is 115 Å². The number of hydrogen-bond donors (Lipinski definition) is 0. The molecule has 1 aromatic carbocycles. The molecular weight excluding hydrogens is 258 g/mol. The minimum atomic E-state index is -0.580. The van der Waals surface area contributed by atoms with Gasteiger partial charge >= 0.3 is 5.97 Å². The van der Waals surface area contributed by atoms with E-state index in [0.29, 0.717) is 5.06 Å². The van der Waals surface area contributed by atoms with Crippen molar-refractivity contribution < 1.29 is 19.2 Å². The molecule has 0 radical (unpaired) electrons. The Kier molecular flexibility index (Phi) is 3.10. The van der Waals surface area contributed by atoms with Crippen LogP contribution in [0.1, 0.15) is 40.0 Å². The predicted molar refractivity (Wildman–Crippen MR) is 69.5 cm³/mol. The zero-order valence-electron chi connectivity index (χ0n) is 10.7. The monoisotopic (exact) mass is 271 g/mol. The Bertz CT molecular complexity index is 577. The maximum Gasteiger partial charge on any atom is 0.333 e. The molecule has 0 saturated carbocycles. The molecule has 0 fully saturated rings. The topological polar surface area (TPSA) is 63.7 Å². The van der Waals surface area contributed by atoms with E-state index in [2.05, 4.69) is 0 Å². The van der Waals surface area contributed by atoms with Crippen molar-refractivity contribution in [1.82, 2.24) is 5.06 Å². The number of amides is 2. The summed E-state index contributed by atoms with van der Waals surface area (Å²) in [6, 6.07) is 6.42. The number of carbonyl (C=O) groups excluding carboxylic acids is 3. The van der Waals surface area contributed by atoms with E-state index in [1.54, 1.807) is 24.3 Å². The number of hydroxylamine groups is 2. The highest BCUT2D eigenvalue weighted by Gasteiger charge is 2.38. The van der Waals surface area contributed by atoms with Gasteiger partial charge in [-0.1, -0.05) is 29.3 Å². The van der Waals surface area contributed by atoms with E-state index in [1.165, 1.54) is 0 Å². The van der Waals surface area contributed by atoms with Gasteiger partial charge in [0, 0.05) is 0 Å². The van der Waals surface area contributed by atoms with Crippen LogP contribution in [0.3, 0.4) is 0 Å². The Hall–Kier alpha value is -2.43. The molecule has 1 aliphatic carbocycles. The van der Waals surface area contributed by atoms with Gasteiger partial charge in [-0.05, 0) is 30.9 Å².